The summed E-state index contributed by atoms with van der Waals surface area (Å²) in [5.74, 6) is 2.24. The van der Waals surface area contributed by atoms with Crippen LogP contribution in [0.5, 0.6) is 0 Å². The Bertz CT molecular complexity index is 324. The lowest BCUT2D eigenvalue weighted by Crippen LogP contribution is -2.20. The molecule has 4 heteroatoms. The highest BCUT2D eigenvalue weighted by Gasteiger charge is 2.13. The maximum Gasteiger partial charge on any atom is 0.127 e. The third kappa shape index (κ3) is 3.30. The van der Waals surface area contributed by atoms with Crippen molar-refractivity contribution < 1.29 is 0 Å². The van der Waals surface area contributed by atoms with Crippen LogP contribution in [0.25, 0.3) is 0 Å². The van der Waals surface area contributed by atoms with Crippen molar-refractivity contribution in [2.24, 2.45) is 0 Å². The molecule has 0 aromatic carbocycles. The zero-order valence-electron chi connectivity index (χ0n) is 9.70. The average molecular weight is 237 g/mol. The molecule has 0 radical (unpaired) electrons. The largest absolute Gasteiger partial charge is 0.384 e. The van der Waals surface area contributed by atoms with Crippen molar-refractivity contribution >= 4 is 23.3 Å². The van der Waals surface area contributed by atoms with E-state index in [1.54, 1.807) is 0 Å². The lowest BCUT2D eigenvalue weighted by molar-refractivity contribution is 0.677. The van der Waals surface area contributed by atoms with Gasteiger partial charge in [-0.25, -0.2) is 4.98 Å². The number of aromatic nitrogens is 1. The molecule has 0 saturated carbocycles. The van der Waals surface area contributed by atoms with E-state index in [0.717, 1.165) is 23.3 Å². The van der Waals surface area contributed by atoms with E-state index in [4.69, 9.17) is 0 Å². The van der Waals surface area contributed by atoms with Crippen LogP contribution < -0.4 is 10.6 Å². The summed E-state index contributed by atoms with van der Waals surface area (Å²) in [7, 11) is 1.89. The van der Waals surface area contributed by atoms with Gasteiger partial charge in [0, 0.05) is 36.8 Å². The normalized spacial score (nSPS) is 20.4. The van der Waals surface area contributed by atoms with E-state index < -0.39 is 0 Å². The fraction of sp³-hybridized carbons (Fsp3) is 0.583. The van der Waals surface area contributed by atoms with Crippen LogP contribution in [0.4, 0.5) is 11.5 Å². The smallest absolute Gasteiger partial charge is 0.127 e. The summed E-state index contributed by atoms with van der Waals surface area (Å²) in [6, 6.07) is 4.07. The fourth-order valence-electron chi connectivity index (χ4n) is 1.88. The van der Waals surface area contributed by atoms with Crippen LogP contribution in [0, 0.1) is 0 Å². The zero-order chi connectivity index (χ0) is 11.2. The molecule has 0 aliphatic carbocycles. The summed E-state index contributed by atoms with van der Waals surface area (Å²) in [6.45, 7) is 1.07. The van der Waals surface area contributed by atoms with Gasteiger partial charge in [-0.1, -0.05) is 6.42 Å². The summed E-state index contributed by atoms with van der Waals surface area (Å²) in [5.41, 5.74) is 1.16. The van der Waals surface area contributed by atoms with Crippen molar-refractivity contribution in [3.05, 3.63) is 18.3 Å². The van der Waals surface area contributed by atoms with Crippen molar-refractivity contribution in [3.63, 3.8) is 0 Å². The van der Waals surface area contributed by atoms with Crippen LogP contribution in [0.1, 0.15) is 19.3 Å². The summed E-state index contributed by atoms with van der Waals surface area (Å²) in [6.07, 6.45) is 5.96. The topological polar surface area (TPSA) is 37.0 Å². The Morgan fingerprint density at radius 1 is 1.50 bits per heavy atom. The molecule has 0 amide bonds. The molecule has 1 saturated heterocycles. The van der Waals surface area contributed by atoms with Gasteiger partial charge in [-0.2, -0.15) is 11.8 Å². The van der Waals surface area contributed by atoms with Crippen LogP contribution in [0.2, 0.25) is 0 Å². The summed E-state index contributed by atoms with van der Waals surface area (Å²) in [4.78, 5) is 4.20. The quantitative estimate of drug-likeness (QED) is 0.844. The van der Waals surface area contributed by atoms with E-state index >= 15 is 0 Å². The van der Waals surface area contributed by atoms with Gasteiger partial charge in [-0.15, -0.1) is 0 Å². The highest BCUT2D eigenvalue weighted by Crippen LogP contribution is 2.25. The van der Waals surface area contributed by atoms with Gasteiger partial charge in [-0.05, 0) is 24.7 Å². The fourth-order valence-corrected chi connectivity index (χ4v) is 3.12. The number of rotatable bonds is 4. The lowest BCUT2D eigenvalue weighted by atomic mass is 10.2. The maximum absolute atomic E-state index is 4.20. The van der Waals surface area contributed by atoms with E-state index in [2.05, 4.69) is 27.4 Å². The highest BCUT2D eigenvalue weighted by atomic mass is 32.2. The Labute approximate surface area is 101 Å². The number of anilines is 2. The Kier molecular flexibility index (Phi) is 4.34. The van der Waals surface area contributed by atoms with Crippen molar-refractivity contribution in [3.8, 4) is 0 Å². The molecule has 1 aliphatic heterocycles. The van der Waals surface area contributed by atoms with Gasteiger partial charge in [-0.3, -0.25) is 0 Å². The molecule has 2 heterocycles. The molecule has 0 spiro atoms. The van der Waals surface area contributed by atoms with Gasteiger partial charge in [0.2, 0.25) is 0 Å². The van der Waals surface area contributed by atoms with Gasteiger partial charge in [0.25, 0.3) is 0 Å². The SMILES string of the molecule is CNc1cc(NCC2CCCCS2)ccn1. The summed E-state index contributed by atoms with van der Waals surface area (Å²) in [5, 5.41) is 7.31. The molecule has 1 unspecified atom stereocenters. The van der Waals surface area contributed by atoms with Gasteiger partial charge in [0.15, 0.2) is 0 Å². The van der Waals surface area contributed by atoms with Crippen LogP contribution in [0.15, 0.2) is 18.3 Å². The number of nitrogens with zero attached hydrogens (tertiary/aromatic N) is 1. The molecular weight excluding hydrogens is 218 g/mol. The van der Waals surface area contributed by atoms with Crippen LogP contribution in [0.3, 0.4) is 0 Å². The third-order valence-electron chi connectivity index (χ3n) is 2.82. The molecule has 1 aromatic heterocycles. The number of thioether (sulfide) groups is 1. The highest BCUT2D eigenvalue weighted by molar-refractivity contribution is 7.99. The second-order valence-electron chi connectivity index (χ2n) is 4.05. The Balaban J connectivity index is 1.83. The van der Waals surface area contributed by atoms with Gasteiger partial charge >= 0.3 is 0 Å². The predicted octanol–water partition coefficient (Wildman–Crippen LogP) is 2.82. The molecule has 88 valence electrons. The molecule has 2 N–H and O–H groups in total. The first kappa shape index (κ1) is 11.6. The van der Waals surface area contributed by atoms with E-state index in [-0.39, 0.29) is 0 Å². The average Bonchev–Trinajstić information content (AvgIpc) is 2.38. The molecule has 0 bridgehead atoms. The van der Waals surface area contributed by atoms with Gasteiger partial charge in [0.05, 0.1) is 0 Å². The number of nitrogens with one attached hydrogen (secondary N) is 2. The zero-order valence-corrected chi connectivity index (χ0v) is 10.5. The standard InChI is InChI=1S/C12H19N3S/c1-13-12-8-10(5-6-14-12)15-9-11-4-2-3-7-16-11/h5-6,8,11H,2-4,7,9H2,1H3,(H2,13,14,15). The Morgan fingerprint density at radius 2 is 2.44 bits per heavy atom. The third-order valence-corrected chi connectivity index (χ3v) is 4.22. The summed E-state index contributed by atoms with van der Waals surface area (Å²) >= 11 is 2.10. The Morgan fingerprint density at radius 3 is 3.19 bits per heavy atom. The summed E-state index contributed by atoms with van der Waals surface area (Å²) < 4.78 is 0. The number of hydrogen-bond acceptors (Lipinski definition) is 4. The van der Waals surface area contributed by atoms with Gasteiger partial charge < -0.3 is 10.6 Å². The monoisotopic (exact) mass is 237 g/mol. The minimum Gasteiger partial charge on any atom is -0.384 e. The molecule has 1 fully saturated rings. The first-order valence-corrected chi connectivity index (χ1v) is 6.92. The van der Waals surface area contributed by atoms with Crippen LogP contribution in [-0.4, -0.2) is 29.6 Å². The van der Waals surface area contributed by atoms with Crippen LogP contribution >= 0.6 is 11.8 Å². The molecule has 16 heavy (non-hydrogen) atoms. The maximum atomic E-state index is 4.20. The Hall–Kier alpha value is -0.900. The van der Waals surface area contributed by atoms with Crippen LogP contribution in [-0.2, 0) is 0 Å². The molecule has 1 atom stereocenters. The minimum atomic E-state index is 0.778. The van der Waals surface area contributed by atoms with E-state index in [0.29, 0.717) is 0 Å². The predicted molar refractivity (Wildman–Crippen MR) is 72.4 cm³/mol. The second kappa shape index (κ2) is 5.99. The van der Waals surface area contributed by atoms with Crippen molar-refractivity contribution in [2.45, 2.75) is 24.5 Å². The van der Waals surface area contributed by atoms with Crippen molar-refractivity contribution in [2.75, 3.05) is 30.0 Å². The van der Waals surface area contributed by atoms with E-state index in [1.807, 2.05) is 25.4 Å². The molecule has 3 nitrogen and oxygen atoms in total. The van der Waals surface area contributed by atoms with E-state index in [9.17, 15) is 0 Å². The first-order valence-electron chi connectivity index (χ1n) is 5.88. The molecular formula is C12H19N3S. The number of pyridine rings is 1. The second-order valence-corrected chi connectivity index (χ2v) is 5.46. The lowest BCUT2D eigenvalue weighted by Gasteiger charge is -2.22. The first-order chi connectivity index (χ1) is 7.88. The molecule has 1 aliphatic rings. The van der Waals surface area contributed by atoms with E-state index in [1.165, 1.54) is 25.0 Å². The van der Waals surface area contributed by atoms with Crippen molar-refractivity contribution in [1.82, 2.24) is 4.98 Å². The molecule has 2 rings (SSSR count). The molecule has 1 aromatic rings. The minimum absolute atomic E-state index is 0.778. The number of hydrogen-bond donors (Lipinski definition) is 2. The van der Waals surface area contributed by atoms with Gasteiger partial charge in [0.1, 0.15) is 5.82 Å². The van der Waals surface area contributed by atoms with Crippen molar-refractivity contribution in [1.29, 1.82) is 0 Å².